The summed E-state index contributed by atoms with van der Waals surface area (Å²) in [7, 11) is 0. The SMILES string of the molecule is CCC(=O)OCC(CCCCCCCCOC(=O)C(CCCCCCCCC(COC(=O)CC)OC(=O)CC)CCCCCCC(OC(=O)CC)C(CCCCCCCC(=O)O)OC(=O)CC)OC(=O)CC. The van der Waals surface area contributed by atoms with Gasteiger partial charge in [0.1, 0.15) is 37.6 Å². The molecule has 5 unspecified atom stereocenters. The molecule has 0 aliphatic rings. The molecule has 0 aromatic heterocycles. The maximum absolute atomic E-state index is 13.5. The molecule has 0 aliphatic heterocycles. The Morgan fingerprint density at radius 3 is 1.00 bits per heavy atom. The molecule has 0 rings (SSSR count). The van der Waals surface area contributed by atoms with Gasteiger partial charge in [0.2, 0.25) is 0 Å². The van der Waals surface area contributed by atoms with Crippen LogP contribution in [0.25, 0.3) is 0 Å². The minimum Gasteiger partial charge on any atom is -0.481 e. The highest BCUT2D eigenvalue weighted by atomic mass is 16.6. The standard InChI is InChI=1S/C56H98O16/c1-7-50(59)67-42-45(69-52(61)9-3)36-28-19-14-13-18-26-34-44(56(65)66-41-33-25-16-15-20-29-37-46(70-53(62)10-4)43-68-51(60)8-2)35-27-23-24-31-39-48(72-55(64)12-6)47(71-54(63)11-5)38-30-21-17-22-32-40-49(57)58/h44-48H,7-43H2,1-6H3,(H,57,58). The molecule has 0 aliphatic carbocycles. The van der Waals surface area contributed by atoms with Crippen LogP contribution in [-0.4, -0.2) is 97.1 Å². The minimum atomic E-state index is -0.797. The molecular weight excluding hydrogens is 929 g/mol. The van der Waals surface area contributed by atoms with E-state index >= 15 is 0 Å². The minimum absolute atomic E-state index is 0.0737. The maximum Gasteiger partial charge on any atom is 0.308 e. The van der Waals surface area contributed by atoms with Crippen LogP contribution in [0.3, 0.4) is 0 Å². The van der Waals surface area contributed by atoms with E-state index in [0.29, 0.717) is 45.1 Å². The number of hydrogen-bond donors (Lipinski definition) is 1. The van der Waals surface area contributed by atoms with E-state index in [0.717, 1.165) is 135 Å². The first-order valence-corrected chi connectivity index (χ1v) is 28.2. The molecule has 72 heavy (non-hydrogen) atoms. The van der Waals surface area contributed by atoms with Crippen molar-refractivity contribution in [1.29, 1.82) is 0 Å². The van der Waals surface area contributed by atoms with Crippen LogP contribution in [0.4, 0.5) is 0 Å². The number of esters is 7. The molecule has 0 heterocycles. The zero-order valence-corrected chi connectivity index (χ0v) is 45.6. The van der Waals surface area contributed by atoms with Gasteiger partial charge in [-0.25, -0.2) is 0 Å². The van der Waals surface area contributed by atoms with Crippen molar-refractivity contribution in [3.8, 4) is 0 Å². The van der Waals surface area contributed by atoms with Crippen molar-refractivity contribution in [1.82, 2.24) is 0 Å². The summed E-state index contributed by atoms with van der Waals surface area (Å²) in [6, 6.07) is 0. The molecule has 0 amide bonds. The average molecular weight is 1030 g/mol. The highest BCUT2D eigenvalue weighted by Crippen LogP contribution is 2.24. The molecule has 0 aromatic carbocycles. The van der Waals surface area contributed by atoms with Gasteiger partial charge in [-0.1, -0.05) is 138 Å². The van der Waals surface area contributed by atoms with Crippen LogP contribution in [0.2, 0.25) is 0 Å². The molecule has 0 saturated heterocycles. The van der Waals surface area contributed by atoms with Crippen LogP contribution in [0.1, 0.15) is 260 Å². The summed E-state index contributed by atoms with van der Waals surface area (Å²) in [6.45, 7) is 10.9. The zero-order valence-electron chi connectivity index (χ0n) is 45.6. The lowest BCUT2D eigenvalue weighted by molar-refractivity contribution is -0.169. The van der Waals surface area contributed by atoms with Gasteiger partial charge >= 0.3 is 47.8 Å². The Hall–Kier alpha value is -4.24. The molecule has 0 aromatic rings. The molecule has 5 atom stereocenters. The smallest absolute Gasteiger partial charge is 0.308 e. The van der Waals surface area contributed by atoms with E-state index in [1.54, 1.807) is 41.5 Å². The highest BCUT2D eigenvalue weighted by molar-refractivity contribution is 5.73. The fourth-order valence-corrected chi connectivity index (χ4v) is 8.18. The Kier molecular flexibility index (Phi) is 43.8. The summed E-state index contributed by atoms with van der Waals surface area (Å²) in [6.07, 6.45) is 21.9. The lowest BCUT2D eigenvalue weighted by atomic mass is 9.93. The van der Waals surface area contributed by atoms with Gasteiger partial charge < -0.3 is 38.3 Å². The fraction of sp³-hybridized carbons (Fsp3) is 0.857. The number of carboxylic acids is 1. The number of ether oxygens (including phenoxy) is 7. The van der Waals surface area contributed by atoms with E-state index < -0.39 is 30.4 Å². The number of hydrogen-bond acceptors (Lipinski definition) is 15. The fourth-order valence-electron chi connectivity index (χ4n) is 8.18. The number of carbonyl (C=O) groups excluding carboxylic acids is 7. The first kappa shape index (κ1) is 67.8. The number of carbonyl (C=O) groups is 8. The van der Waals surface area contributed by atoms with E-state index in [1.807, 2.05) is 0 Å². The first-order chi connectivity index (χ1) is 34.7. The number of rotatable bonds is 49. The monoisotopic (exact) mass is 1030 g/mol. The van der Waals surface area contributed by atoms with E-state index in [-0.39, 0.29) is 106 Å². The van der Waals surface area contributed by atoms with E-state index in [1.165, 1.54) is 0 Å². The predicted molar refractivity (Wildman–Crippen MR) is 275 cm³/mol. The highest BCUT2D eigenvalue weighted by Gasteiger charge is 2.28. The lowest BCUT2D eigenvalue weighted by Crippen LogP contribution is -2.35. The Balaban J connectivity index is 5.26. The third-order valence-electron chi connectivity index (χ3n) is 12.7. The van der Waals surface area contributed by atoms with Crippen LogP contribution in [0.5, 0.6) is 0 Å². The normalized spacial score (nSPS) is 13.2. The quantitative estimate of drug-likeness (QED) is 0.0340. The number of carboxylic acid groups (broad SMARTS) is 1. The van der Waals surface area contributed by atoms with Crippen LogP contribution >= 0.6 is 0 Å². The van der Waals surface area contributed by atoms with Crippen molar-refractivity contribution in [3.63, 3.8) is 0 Å². The molecule has 418 valence electrons. The van der Waals surface area contributed by atoms with E-state index in [4.69, 9.17) is 38.3 Å². The number of aliphatic carboxylic acids is 1. The Labute approximate surface area is 433 Å². The second-order valence-electron chi connectivity index (χ2n) is 18.9. The summed E-state index contributed by atoms with van der Waals surface area (Å²) in [5, 5.41) is 8.91. The third-order valence-corrected chi connectivity index (χ3v) is 12.7. The predicted octanol–water partition coefficient (Wildman–Crippen LogP) is 12.3. The van der Waals surface area contributed by atoms with Gasteiger partial charge in [0.05, 0.1) is 12.5 Å². The van der Waals surface area contributed by atoms with Crippen LogP contribution in [0.15, 0.2) is 0 Å². The molecule has 0 spiro atoms. The zero-order chi connectivity index (χ0) is 53.6. The summed E-state index contributed by atoms with van der Waals surface area (Å²) < 4.78 is 39.0. The van der Waals surface area contributed by atoms with Gasteiger partial charge in [-0.2, -0.15) is 0 Å². The van der Waals surface area contributed by atoms with Gasteiger partial charge in [-0.05, 0) is 77.0 Å². The molecule has 0 radical (unpaired) electrons. The van der Waals surface area contributed by atoms with E-state index in [2.05, 4.69) is 0 Å². The Morgan fingerprint density at radius 1 is 0.333 bits per heavy atom. The molecule has 0 bridgehead atoms. The second kappa shape index (κ2) is 46.5. The van der Waals surface area contributed by atoms with E-state index in [9.17, 15) is 38.4 Å². The van der Waals surface area contributed by atoms with Gasteiger partial charge in [0.15, 0.2) is 0 Å². The van der Waals surface area contributed by atoms with Crippen molar-refractivity contribution in [2.75, 3.05) is 19.8 Å². The van der Waals surface area contributed by atoms with Gasteiger partial charge in [0, 0.05) is 44.9 Å². The van der Waals surface area contributed by atoms with Crippen LogP contribution < -0.4 is 0 Å². The Bertz CT molecular complexity index is 1470. The summed E-state index contributed by atoms with van der Waals surface area (Å²) in [5.74, 6) is -3.10. The van der Waals surface area contributed by atoms with Crippen molar-refractivity contribution < 1.29 is 76.6 Å². The largest absolute Gasteiger partial charge is 0.481 e. The molecule has 1 N–H and O–H groups in total. The third kappa shape index (κ3) is 39.3. The van der Waals surface area contributed by atoms with Gasteiger partial charge in [-0.3, -0.25) is 38.4 Å². The molecule has 16 nitrogen and oxygen atoms in total. The number of unbranched alkanes of at least 4 members (excludes halogenated alkanes) is 17. The summed E-state index contributed by atoms with van der Waals surface area (Å²) in [4.78, 5) is 96.4. The van der Waals surface area contributed by atoms with Crippen molar-refractivity contribution >= 4 is 47.8 Å². The second-order valence-corrected chi connectivity index (χ2v) is 18.9. The van der Waals surface area contributed by atoms with Crippen molar-refractivity contribution in [2.24, 2.45) is 5.92 Å². The topological polar surface area (TPSA) is 221 Å². The van der Waals surface area contributed by atoms with Gasteiger partial charge in [0.25, 0.3) is 0 Å². The van der Waals surface area contributed by atoms with Crippen LogP contribution in [-0.2, 0) is 71.5 Å². The molecule has 16 heteroatoms. The first-order valence-electron chi connectivity index (χ1n) is 28.2. The van der Waals surface area contributed by atoms with Crippen LogP contribution in [0, 0.1) is 5.92 Å². The average Bonchev–Trinajstić information content (AvgIpc) is 3.37. The molecule has 0 saturated carbocycles. The summed E-state index contributed by atoms with van der Waals surface area (Å²) in [5.41, 5.74) is 0. The van der Waals surface area contributed by atoms with Crippen molar-refractivity contribution in [3.05, 3.63) is 0 Å². The molecule has 0 fully saturated rings. The van der Waals surface area contributed by atoms with Crippen molar-refractivity contribution in [2.45, 2.75) is 284 Å². The lowest BCUT2D eigenvalue weighted by Gasteiger charge is -2.27. The van der Waals surface area contributed by atoms with Gasteiger partial charge in [-0.15, -0.1) is 0 Å². The summed E-state index contributed by atoms with van der Waals surface area (Å²) >= 11 is 0. The Morgan fingerprint density at radius 2 is 0.639 bits per heavy atom. The maximum atomic E-state index is 13.5. The molecular formula is C56H98O16.